The van der Waals surface area contributed by atoms with Crippen molar-refractivity contribution in [1.29, 1.82) is 0 Å². The number of hydrogen-bond donors (Lipinski definition) is 2. The SMILES string of the molecule is CCc1cc(C(C)(c2ccc(Nc3cc(C)cc(C(F)(F)F)c3)c(CC(=O)c3ccc(Oc4ccc(C(C)=O)cc4)cc3)c2)C(F)(F)F)ccc1Nc1cc(C)cc(C(F)(F)F)c1. The molecule has 0 spiro atoms. The fourth-order valence-electron chi connectivity index (χ4n) is 7.21. The third-order valence-electron chi connectivity index (χ3n) is 10.7. The van der Waals surface area contributed by atoms with Gasteiger partial charge in [-0.15, -0.1) is 0 Å². The number of nitrogens with one attached hydrogen (secondary N) is 2. The second kappa shape index (κ2) is 17.7. The molecule has 6 rings (SSSR count). The van der Waals surface area contributed by atoms with Crippen LogP contribution in [0.3, 0.4) is 0 Å². The number of halogens is 9. The molecule has 14 heteroatoms. The minimum atomic E-state index is -4.94. The Labute approximate surface area is 357 Å². The Morgan fingerprint density at radius 2 is 0.968 bits per heavy atom. The predicted octanol–water partition coefficient (Wildman–Crippen LogP) is 14.7. The van der Waals surface area contributed by atoms with Crippen molar-refractivity contribution in [2.75, 3.05) is 10.6 Å². The first kappa shape index (κ1) is 45.9. The second-order valence-corrected chi connectivity index (χ2v) is 15.4. The molecule has 0 radical (unpaired) electrons. The minimum absolute atomic E-state index is 0.00756. The van der Waals surface area contributed by atoms with Crippen molar-refractivity contribution in [2.45, 2.75) is 71.4 Å². The molecule has 0 amide bonds. The predicted molar refractivity (Wildman–Crippen MR) is 225 cm³/mol. The molecule has 0 saturated heterocycles. The van der Waals surface area contributed by atoms with Crippen molar-refractivity contribution in [1.82, 2.24) is 0 Å². The van der Waals surface area contributed by atoms with Crippen molar-refractivity contribution in [3.05, 3.63) is 177 Å². The monoisotopic (exact) mass is 876 g/mol. The van der Waals surface area contributed by atoms with E-state index in [0.29, 0.717) is 33.9 Å². The van der Waals surface area contributed by atoms with E-state index in [0.717, 1.165) is 31.2 Å². The lowest BCUT2D eigenvalue weighted by molar-refractivity contribution is -0.173. The van der Waals surface area contributed by atoms with E-state index in [1.807, 2.05) is 0 Å². The molecule has 1 atom stereocenters. The molecule has 0 bridgehead atoms. The molecule has 0 heterocycles. The van der Waals surface area contributed by atoms with E-state index in [2.05, 4.69) is 10.6 Å². The van der Waals surface area contributed by atoms with Crippen LogP contribution in [-0.4, -0.2) is 17.7 Å². The highest BCUT2D eigenvalue weighted by Crippen LogP contribution is 2.48. The van der Waals surface area contributed by atoms with Gasteiger partial charge in [0.15, 0.2) is 11.6 Å². The average molecular weight is 877 g/mol. The van der Waals surface area contributed by atoms with Gasteiger partial charge in [0.05, 0.1) is 11.1 Å². The molecule has 5 nitrogen and oxygen atoms in total. The third-order valence-corrected chi connectivity index (χ3v) is 10.7. The van der Waals surface area contributed by atoms with Gasteiger partial charge in [0.2, 0.25) is 0 Å². The number of anilines is 4. The molecule has 0 aliphatic heterocycles. The van der Waals surface area contributed by atoms with Crippen LogP contribution in [0.25, 0.3) is 0 Å². The smallest absolute Gasteiger partial charge is 0.416 e. The maximum atomic E-state index is 15.6. The van der Waals surface area contributed by atoms with Crippen LogP contribution in [0.1, 0.15) is 86.0 Å². The van der Waals surface area contributed by atoms with Crippen molar-refractivity contribution < 1.29 is 53.8 Å². The van der Waals surface area contributed by atoms with Crippen molar-refractivity contribution >= 4 is 34.3 Å². The van der Waals surface area contributed by atoms with Crippen molar-refractivity contribution in [3.63, 3.8) is 0 Å². The number of carbonyl (C=O) groups excluding carboxylic acids is 2. The Kier molecular flexibility index (Phi) is 12.9. The molecule has 0 fully saturated rings. The zero-order valence-electron chi connectivity index (χ0n) is 34.6. The highest BCUT2D eigenvalue weighted by atomic mass is 19.4. The number of hydrogen-bond acceptors (Lipinski definition) is 5. The molecule has 2 N–H and O–H groups in total. The Morgan fingerprint density at radius 3 is 1.38 bits per heavy atom. The Hall–Kier alpha value is -6.57. The summed E-state index contributed by atoms with van der Waals surface area (Å²) >= 11 is 0. The van der Waals surface area contributed by atoms with E-state index in [-0.39, 0.29) is 57.1 Å². The van der Waals surface area contributed by atoms with Crippen LogP contribution in [0.4, 0.5) is 62.3 Å². The van der Waals surface area contributed by atoms with E-state index in [1.165, 1.54) is 93.6 Å². The fraction of sp³-hybridized carbons (Fsp3) is 0.224. The number of ketones is 2. The molecule has 328 valence electrons. The maximum absolute atomic E-state index is 15.6. The number of ether oxygens (including phenoxy) is 1. The zero-order chi connectivity index (χ0) is 46.1. The van der Waals surface area contributed by atoms with Gasteiger partial charge in [-0.25, -0.2) is 0 Å². The number of rotatable bonds is 13. The molecule has 6 aromatic carbocycles. The maximum Gasteiger partial charge on any atom is 0.416 e. The van der Waals surface area contributed by atoms with Gasteiger partial charge in [0, 0.05) is 40.3 Å². The number of Topliss-reactive ketones (excluding diaryl/α,β-unsaturated/α-hetero) is 2. The van der Waals surface area contributed by atoms with Gasteiger partial charge >= 0.3 is 18.5 Å². The summed E-state index contributed by atoms with van der Waals surface area (Å²) in [5, 5.41) is 5.83. The van der Waals surface area contributed by atoms with Crippen LogP contribution in [0.5, 0.6) is 11.5 Å². The average Bonchev–Trinajstić information content (AvgIpc) is 3.20. The fourth-order valence-corrected chi connectivity index (χ4v) is 7.21. The molecule has 6 aromatic rings. The van der Waals surface area contributed by atoms with Gasteiger partial charge < -0.3 is 15.4 Å². The minimum Gasteiger partial charge on any atom is -0.457 e. The molecule has 0 aliphatic rings. The quantitative estimate of drug-likeness (QED) is 0.0894. The summed E-state index contributed by atoms with van der Waals surface area (Å²) in [4.78, 5) is 25.5. The molecule has 0 aromatic heterocycles. The van der Waals surface area contributed by atoms with Crippen molar-refractivity contribution in [3.8, 4) is 11.5 Å². The van der Waals surface area contributed by atoms with Crippen LogP contribution in [0, 0.1) is 13.8 Å². The van der Waals surface area contributed by atoms with Crippen LogP contribution in [0.2, 0.25) is 0 Å². The van der Waals surface area contributed by atoms with E-state index >= 15 is 13.2 Å². The van der Waals surface area contributed by atoms with E-state index in [1.54, 1.807) is 31.2 Å². The highest BCUT2D eigenvalue weighted by Gasteiger charge is 2.53. The summed E-state index contributed by atoms with van der Waals surface area (Å²) in [6.45, 7) is 7.05. The summed E-state index contributed by atoms with van der Waals surface area (Å²) in [5.74, 6) is 0.135. The summed E-state index contributed by atoms with van der Waals surface area (Å²) in [6, 6.07) is 26.7. The van der Waals surface area contributed by atoms with Crippen LogP contribution in [-0.2, 0) is 30.6 Å². The first-order valence-electron chi connectivity index (χ1n) is 19.6. The highest BCUT2D eigenvalue weighted by molar-refractivity contribution is 5.98. The van der Waals surface area contributed by atoms with Gasteiger partial charge in [-0.1, -0.05) is 31.2 Å². The van der Waals surface area contributed by atoms with Crippen LogP contribution < -0.4 is 15.4 Å². The molecule has 63 heavy (non-hydrogen) atoms. The van der Waals surface area contributed by atoms with Crippen LogP contribution in [0.15, 0.2) is 121 Å². The number of benzene rings is 6. The lowest BCUT2D eigenvalue weighted by Crippen LogP contribution is -2.40. The standard InChI is InChI=1S/C49H41F9N2O3/c1-6-31-23-35(11-17-43(31)59-39-21-28(2)19-37(26-39)47(50,51)52)46(5,49(56,57)58)36-12-18-44(60-40-22-29(3)20-38(27-40)48(53,54)55)34(24-36)25-45(62)33-9-15-42(16-10-33)63-41-13-7-32(8-14-41)30(4)61/h7-24,26-27,59-60H,6,25H2,1-5H3. The van der Waals surface area contributed by atoms with Crippen LogP contribution >= 0.6 is 0 Å². The van der Waals surface area contributed by atoms with Gasteiger partial charge in [-0.05, 0) is 165 Å². The Bertz CT molecular complexity index is 2650. The van der Waals surface area contributed by atoms with E-state index in [4.69, 9.17) is 4.74 Å². The third kappa shape index (κ3) is 10.6. The lowest BCUT2D eigenvalue weighted by Gasteiger charge is -2.34. The van der Waals surface area contributed by atoms with Gasteiger partial charge in [0.1, 0.15) is 16.9 Å². The topological polar surface area (TPSA) is 67.4 Å². The number of alkyl halides is 9. The summed E-state index contributed by atoms with van der Waals surface area (Å²) in [7, 11) is 0. The molecular formula is C49H41F9N2O3. The second-order valence-electron chi connectivity index (χ2n) is 15.4. The van der Waals surface area contributed by atoms with Crippen molar-refractivity contribution in [2.24, 2.45) is 0 Å². The first-order chi connectivity index (χ1) is 29.4. The Balaban J connectivity index is 1.38. The summed E-state index contributed by atoms with van der Waals surface area (Å²) in [5.41, 5.74) is -2.87. The number of carbonyl (C=O) groups is 2. The normalized spacial score (nSPS) is 13.0. The molecule has 0 aliphatic carbocycles. The first-order valence-corrected chi connectivity index (χ1v) is 19.6. The zero-order valence-corrected chi connectivity index (χ0v) is 34.6. The summed E-state index contributed by atoms with van der Waals surface area (Å²) < 4.78 is 135. The van der Waals surface area contributed by atoms with Gasteiger partial charge in [0.25, 0.3) is 0 Å². The Morgan fingerprint density at radius 1 is 0.540 bits per heavy atom. The summed E-state index contributed by atoms with van der Waals surface area (Å²) in [6.07, 6.45) is -14.5. The number of aryl methyl sites for hydroxylation is 3. The van der Waals surface area contributed by atoms with Gasteiger partial charge in [-0.2, -0.15) is 39.5 Å². The molecular weight excluding hydrogens is 836 g/mol. The molecule has 0 saturated carbocycles. The molecule has 1 unspecified atom stereocenters. The lowest BCUT2D eigenvalue weighted by atomic mass is 9.74. The van der Waals surface area contributed by atoms with E-state index in [9.17, 15) is 35.9 Å². The largest absolute Gasteiger partial charge is 0.457 e. The van der Waals surface area contributed by atoms with E-state index < -0.39 is 47.3 Å². The van der Waals surface area contributed by atoms with Gasteiger partial charge in [-0.3, -0.25) is 9.59 Å².